The van der Waals surface area contributed by atoms with Crippen LogP contribution in [-0.4, -0.2) is 95.0 Å². The number of amides is 1. The van der Waals surface area contributed by atoms with Crippen molar-refractivity contribution in [2.24, 2.45) is 5.16 Å². The van der Waals surface area contributed by atoms with E-state index in [1.165, 1.54) is 19.2 Å². The van der Waals surface area contributed by atoms with E-state index in [1.807, 2.05) is 7.05 Å². The number of halogens is 1. The summed E-state index contributed by atoms with van der Waals surface area (Å²) < 4.78 is 25.1. The molecule has 5 atom stereocenters. The highest BCUT2D eigenvalue weighted by Gasteiger charge is 2.45. The summed E-state index contributed by atoms with van der Waals surface area (Å²) in [5.74, 6) is -0.527. The largest absolute Gasteiger partial charge is 0.496 e. The zero-order valence-corrected chi connectivity index (χ0v) is 20.2. The first-order valence-corrected chi connectivity index (χ1v) is 11.8. The van der Waals surface area contributed by atoms with Crippen molar-refractivity contribution in [1.82, 2.24) is 4.90 Å². The zero-order valence-electron chi connectivity index (χ0n) is 20.2. The average molecular weight is 518 g/mol. The predicted molar refractivity (Wildman–Crippen MR) is 128 cm³/mol. The Balaban J connectivity index is 1.58. The summed E-state index contributed by atoms with van der Waals surface area (Å²) in [6.07, 6.45) is -6.98. The van der Waals surface area contributed by atoms with Crippen LogP contribution in [0, 0.1) is 5.82 Å². The van der Waals surface area contributed by atoms with Gasteiger partial charge in [-0.15, -0.1) is 0 Å². The summed E-state index contributed by atoms with van der Waals surface area (Å²) in [4.78, 5) is 20.4. The Kier molecular flexibility index (Phi) is 6.88. The highest BCUT2D eigenvalue weighted by molar-refractivity contribution is 6.54. The zero-order chi connectivity index (χ0) is 26.4. The summed E-state index contributed by atoms with van der Waals surface area (Å²) in [5.41, 5.74) is 3.89. The van der Waals surface area contributed by atoms with E-state index in [2.05, 4.69) is 15.4 Å². The number of carbonyl (C=O) groups excluding carboxylic acids is 1. The first kappa shape index (κ1) is 25.5. The van der Waals surface area contributed by atoms with Gasteiger partial charge in [-0.3, -0.25) is 4.79 Å². The van der Waals surface area contributed by atoms with Crippen LogP contribution in [0.25, 0.3) is 11.1 Å². The number of carbonyl (C=O) groups is 1. The summed E-state index contributed by atoms with van der Waals surface area (Å²) in [7, 11) is 3.45. The molecule has 0 aliphatic carbocycles. The molecule has 0 unspecified atom stereocenters. The Bertz CT molecular complexity index is 1250. The molecule has 1 amide bonds. The maximum Gasteiger partial charge on any atom is 0.278 e. The minimum Gasteiger partial charge on any atom is -0.496 e. The summed E-state index contributed by atoms with van der Waals surface area (Å²) in [6, 6.07) is 5.96. The van der Waals surface area contributed by atoms with Crippen molar-refractivity contribution in [2.45, 2.75) is 43.7 Å². The minimum absolute atomic E-state index is 0.111. The number of benzene rings is 2. The number of methoxy groups -OCH3 is 1. The van der Waals surface area contributed by atoms with Crippen molar-refractivity contribution in [3.8, 4) is 16.9 Å². The van der Waals surface area contributed by atoms with Crippen molar-refractivity contribution < 1.29 is 43.9 Å². The van der Waals surface area contributed by atoms with Gasteiger partial charge in [-0.1, -0.05) is 5.16 Å². The number of aliphatic hydroxyl groups excluding tert-OH is 4. The number of hydrogen-bond acceptors (Lipinski definition) is 10. The topological polar surface area (TPSA) is 153 Å². The Labute approximate surface area is 211 Å². The van der Waals surface area contributed by atoms with Crippen molar-refractivity contribution in [1.29, 1.82) is 0 Å². The van der Waals surface area contributed by atoms with Crippen LogP contribution in [0.5, 0.6) is 5.75 Å². The van der Waals surface area contributed by atoms with Crippen LogP contribution in [0.3, 0.4) is 0 Å². The highest BCUT2D eigenvalue weighted by Crippen LogP contribution is 2.42. The number of nitrogens with zero attached hydrogens (tertiary/aromatic N) is 2. The van der Waals surface area contributed by atoms with E-state index in [4.69, 9.17) is 14.3 Å². The van der Waals surface area contributed by atoms with Crippen LogP contribution in [0.4, 0.5) is 10.1 Å². The molecule has 0 aromatic heterocycles. The average Bonchev–Trinajstić information content (AvgIpc) is 3.21. The van der Waals surface area contributed by atoms with Crippen LogP contribution >= 0.6 is 0 Å². The Morgan fingerprint density at radius 3 is 2.65 bits per heavy atom. The van der Waals surface area contributed by atoms with Gasteiger partial charge in [-0.05, 0) is 54.4 Å². The summed E-state index contributed by atoms with van der Waals surface area (Å²) >= 11 is 0. The molecule has 37 heavy (non-hydrogen) atoms. The number of hydrogen-bond donors (Lipinski definition) is 5. The number of rotatable bonds is 5. The van der Waals surface area contributed by atoms with Crippen molar-refractivity contribution in [3.63, 3.8) is 0 Å². The maximum atomic E-state index is 14.3. The molecule has 2 aromatic carbocycles. The van der Waals surface area contributed by atoms with E-state index in [-0.39, 0.29) is 5.71 Å². The van der Waals surface area contributed by atoms with Crippen LogP contribution in [0.2, 0.25) is 0 Å². The number of likely N-dealkylation sites (N-methyl/N-ethyl adjacent to an activating group) is 1. The lowest BCUT2D eigenvalue weighted by atomic mass is 9.87. The fraction of sp³-hybridized carbons (Fsp3) is 0.440. The minimum atomic E-state index is -1.68. The molecule has 2 aromatic rings. The second-order valence-corrected chi connectivity index (χ2v) is 9.33. The molecule has 1 saturated heterocycles. The van der Waals surface area contributed by atoms with Gasteiger partial charge in [0.05, 0.1) is 19.4 Å². The molecule has 0 radical (unpaired) electrons. The molecular weight excluding hydrogens is 489 g/mol. The van der Waals surface area contributed by atoms with Crippen LogP contribution < -0.4 is 10.1 Å². The molecular formula is C25H28FN3O8. The number of fused-ring (bicyclic) bond motifs is 3. The summed E-state index contributed by atoms with van der Waals surface area (Å²) in [5, 5.41) is 46.4. The first-order valence-electron chi connectivity index (χ1n) is 11.8. The predicted octanol–water partition coefficient (Wildman–Crippen LogP) is -0.0381. The fourth-order valence-electron chi connectivity index (χ4n) is 5.00. The van der Waals surface area contributed by atoms with Gasteiger partial charge in [-0.2, -0.15) is 0 Å². The molecule has 11 nitrogen and oxygen atoms in total. The smallest absolute Gasteiger partial charge is 0.278 e. The van der Waals surface area contributed by atoms with Crippen molar-refractivity contribution in [2.75, 3.05) is 32.6 Å². The lowest BCUT2D eigenvalue weighted by Crippen LogP contribution is -2.58. The van der Waals surface area contributed by atoms with E-state index in [1.54, 1.807) is 12.1 Å². The number of ether oxygens (including phenoxy) is 2. The van der Waals surface area contributed by atoms with Gasteiger partial charge in [0.25, 0.3) is 12.2 Å². The van der Waals surface area contributed by atoms with E-state index < -0.39 is 49.0 Å². The second kappa shape index (κ2) is 9.97. The molecule has 5 rings (SSSR count). The highest BCUT2D eigenvalue weighted by atomic mass is 19.1. The fourth-order valence-corrected chi connectivity index (χ4v) is 5.00. The number of oxime groups is 1. The van der Waals surface area contributed by atoms with E-state index in [0.717, 1.165) is 17.7 Å². The van der Waals surface area contributed by atoms with Gasteiger partial charge in [0.1, 0.15) is 36.0 Å². The number of nitrogens with one attached hydrogen (secondary N) is 1. The molecule has 3 heterocycles. The lowest BCUT2D eigenvalue weighted by molar-refractivity contribution is -0.301. The van der Waals surface area contributed by atoms with Gasteiger partial charge in [0.15, 0.2) is 5.71 Å². The molecule has 0 bridgehead atoms. The molecule has 0 spiro atoms. The molecule has 1 fully saturated rings. The van der Waals surface area contributed by atoms with Gasteiger partial charge in [0.2, 0.25) is 0 Å². The number of anilines is 1. The molecule has 3 aliphatic heterocycles. The molecule has 198 valence electrons. The van der Waals surface area contributed by atoms with E-state index in [9.17, 15) is 29.6 Å². The monoisotopic (exact) mass is 517 g/mol. The Morgan fingerprint density at radius 2 is 1.92 bits per heavy atom. The quantitative estimate of drug-likeness (QED) is 0.344. The third-order valence-electron chi connectivity index (χ3n) is 6.98. The van der Waals surface area contributed by atoms with Gasteiger partial charge in [0, 0.05) is 24.2 Å². The third kappa shape index (κ3) is 4.45. The van der Waals surface area contributed by atoms with E-state index >= 15 is 0 Å². The Hall–Kier alpha value is -3.13. The second-order valence-electron chi connectivity index (χ2n) is 9.33. The molecule has 12 heteroatoms. The first-order chi connectivity index (χ1) is 17.7. The van der Waals surface area contributed by atoms with E-state index in [0.29, 0.717) is 41.1 Å². The Morgan fingerprint density at radius 1 is 1.14 bits per heavy atom. The van der Waals surface area contributed by atoms with Crippen molar-refractivity contribution >= 4 is 17.3 Å². The van der Waals surface area contributed by atoms with Crippen LogP contribution in [0.15, 0.2) is 29.4 Å². The van der Waals surface area contributed by atoms with Crippen LogP contribution in [0.1, 0.15) is 16.7 Å². The van der Waals surface area contributed by atoms with Gasteiger partial charge in [-0.25, -0.2) is 4.39 Å². The SMILES string of the molecule is COc1ccc(F)cc1-c1cc2c(c3c1CCN(C)C3)NC(=O)/C2=N\O[C@H]1O[C@@H](CO)[C@H](O)[C@@H](O)[C@@H]1O. The maximum absolute atomic E-state index is 14.3. The third-order valence-corrected chi connectivity index (χ3v) is 6.98. The molecule has 5 N–H and O–H groups in total. The summed E-state index contributed by atoms with van der Waals surface area (Å²) in [6.45, 7) is 0.666. The molecule has 0 saturated carbocycles. The normalized spacial score (nSPS) is 28.6. The lowest BCUT2D eigenvalue weighted by Gasteiger charge is -2.38. The van der Waals surface area contributed by atoms with Gasteiger partial charge >= 0.3 is 0 Å². The van der Waals surface area contributed by atoms with Crippen molar-refractivity contribution in [3.05, 3.63) is 46.8 Å². The van der Waals surface area contributed by atoms with Gasteiger partial charge < -0.3 is 45.0 Å². The number of aliphatic hydroxyl groups is 4. The standard InChI is InChI=1S/C25H28FN3O8/c1-29-6-5-12-13(14-7-11(26)3-4-17(14)35-2)8-15-19(16(12)9-29)27-24(34)20(15)28-37-25-23(33)22(32)21(31)18(10-30)36-25/h3-4,7-8,18,21-23,25,30-33H,5-6,9-10H2,1-2H3,(H,27,28,34)/t18-,21-,22+,23-,25+/m0/s1. The molecule has 3 aliphatic rings. The van der Waals surface area contributed by atoms with Crippen LogP contribution in [-0.2, 0) is 27.3 Å².